The summed E-state index contributed by atoms with van der Waals surface area (Å²) in [5, 5.41) is 29.8. The maximum absolute atomic E-state index is 11.8. The Bertz CT molecular complexity index is 701. The highest BCUT2D eigenvalue weighted by Crippen LogP contribution is 2.25. The summed E-state index contributed by atoms with van der Waals surface area (Å²) in [4.78, 5) is 23.5. The molecule has 1 aromatic rings. The van der Waals surface area contributed by atoms with Crippen LogP contribution in [0.2, 0.25) is 0 Å². The van der Waals surface area contributed by atoms with Gasteiger partial charge >= 0.3 is 0 Å². The van der Waals surface area contributed by atoms with Crippen LogP contribution in [0.25, 0.3) is 6.08 Å². The van der Waals surface area contributed by atoms with Gasteiger partial charge in [0.05, 0.1) is 11.7 Å². The number of aromatic hydroxyl groups is 1. The van der Waals surface area contributed by atoms with Crippen molar-refractivity contribution in [3.8, 4) is 5.75 Å². The number of rotatable bonds is 9. The van der Waals surface area contributed by atoms with Crippen LogP contribution in [0.3, 0.4) is 0 Å². The van der Waals surface area contributed by atoms with Crippen LogP contribution >= 0.6 is 0 Å². The molecule has 0 aliphatic heterocycles. The summed E-state index contributed by atoms with van der Waals surface area (Å²) in [6, 6.07) is 3.25. The number of carbonyl (C=O) groups excluding carboxylic acids is 2. The third-order valence-corrected chi connectivity index (χ3v) is 3.86. The molecule has 26 heavy (non-hydrogen) atoms. The van der Waals surface area contributed by atoms with Crippen molar-refractivity contribution < 1.29 is 24.9 Å². The van der Waals surface area contributed by atoms with Crippen molar-refractivity contribution >= 4 is 17.6 Å². The number of Topliss-reactive ketones (excluding diaryl/α,β-unsaturated/α-hetero) is 1. The van der Waals surface area contributed by atoms with E-state index in [1.807, 2.05) is 13.8 Å². The first-order chi connectivity index (χ1) is 12.1. The van der Waals surface area contributed by atoms with Gasteiger partial charge in [-0.1, -0.05) is 38.1 Å². The van der Waals surface area contributed by atoms with Crippen molar-refractivity contribution in [1.29, 1.82) is 0 Å². The quantitative estimate of drug-likeness (QED) is 0.464. The number of phenols is 1. The van der Waals surface area contributed by atoms with Crippen molar-refractivity contribution in [2.45, 2.75) is 52.7 Å². The average Bonchev–Trinajstić information content (AvgIpc) is 2.52. The van der Waals surface area contributed by atoms with Gasteiger partial charge in [-0.3, -0.25) is 9.59 Å². The first-order valence-corrected chi connectivity index (χ1v) is 8.71. The molecule has 0 spiro atoms. The Morgan fingerprint density at radius 2 is 1.77 bits per heavy atom. The molecule has 142 valence electrons. The second-order valence-electron chi connectivity index (χ2n) is 6.89. The highest BCUT2D eigenvalue weighted by atomic mass is 16.3. The number of allylic oxidation sites excluding steroid dienone is 1. The molecule has 0 aliphatic rings. The zero-order valence-corrected chi connectivity index (χ0v) is 15.8. The van der Waals surface area contributed by atoms with Gasteiger partial charge in [-0.05, 0) is 55.9 Å². The van der Waals surface area contributed by atoms with E-state index in [0.717, 1.165) is 12.0 Å². The van der Waals surface area contributed by atoms with E-state index in [1.54, 1.807) is 31.2 Å². The van der Waals surface area contributed by atoms with Crippen LogP contribution in [0.5, 0.6) is 5.75 Å². The molecule has 0 saturated heterocycles. The average molecular weight is 360 g/mol. The van der Waals surface area contributed by atoms with E-state index in [4.69, 9.17) is 0 Å². The van der Waals surface area contributed by atoms with Crippen molar-refractivity contribution in [3.63, 3.8) is 0 Å². The number of ketones is 2. The van der Waals surface area contributed by atoms with E-state index >= 15 is 0 Å². The van der Waals surface area contributed by atoms with Crippen molar-refractivity contribution in [2.24, 2.45) is 5.92 Å². The molecule has 0 heterocycles. The number of benzene rings is 1. The van der Waals surface area contributed by atoms with Crippen molar-refractivity contribution in [3.05, 3.63) is 47.1 Å². The van der Waals surface area contributed by atoms with Gasteiger partial charge < -0.3 is 15.3 Å². The summed E-state index contributed by atoms with van der Waals surface area (Å²) in [5.74, 6) is -0.495. The van der Waals surface area contributed by atoms with Gasteiger partial charge in [0.15, 0.2) is 11.6 Å². The Morgan fingerprint density at radius 3 is 2.35 bits per heavy atom. The molecule has 0 radical (unpaired) electrons. The Hall–Kier alpha value is -2.24. The van der Waals surface area contributed by atoms with Gasteiger partial charge in [-0.25, -0.2) is 0 Å². The lowest BCUT2D eigenvalue weighted by Crippen LogP contribution is -2.32. The zero-order valence-electron chi connectivity index (χ0n) is 15.8. The molecule has 0 aromatic heterocycles. The smallest absolute Gasteiger partial charge is 0.186 e. The Kier molecular flexibility index (Phi) is 8.42. The largest absolute Gasteiger partial charge is 0.507 e. The summed E-state index contributed by atoms with van der Waals surface area (Å²) in [5.41, 5.74) is 1.52. The molecule has 0 fully saturated rings. The summed E-state index contributed by atoms with van der Waals surface area (Å²) in [7, 11) is 0. The van der Waals surface area contributed by atoms with Crippen LogP contribution in [-0.4, -0.2) is 39.1 Å². The lowest BCUT2D eigenvalue weighted by atomic mass is 9.98. The van der Waals surface area contributed by atoms with E-state index in [9.17, 15) is 24.9 Å². The van der Waals surface area contributed by atoms with Crippen LogP contribution < -0.4 is 0 Å². The van der Waals surface area contributed by atoms with Gasteiger partial charge in [0.25, 0.3) is 0 Å². The van der Waals surface area contributed by atoms with Gasteiger partial charge in [0.2, 0.25) is 0 Å². The predicted octanol–water partition coefficient (Wildman–Crippen LogP) is 3.20. The molecule has 0 saturated carbocycles. The number of aliphatic hydroxyl groups excluding tert-OH is 2. The minimum Gasteiger partial charge on any atom is -0.507 e. The van der Waals surface area contributed by atoms with Gasteiger partial charge in [-0.2, -0.15) is 0 Å². The third-order valence-electron chi connectivity index (χ3n) is 3.86. The minimum absolute atomic E-state index is 0.0387. The molecule has 0 unspecified atom stereocenters. The molecule has 0 amide bonds. The zero-order chi connectivity index (χ0) is 19.9. The van der Waals surface area contributed by atoms with E-state index < -0.39 is 18.0 Å². The van der Waals surface area contributed by atoms with Gasteiger partial charge in [0, 0.05) is 0 Å². The van der Waals surface area contributed by atoms with Crippen LogP contribution in [0.4, 0.5) is 0 Å². The molecule has 3 N–H and O–H groups in total. The number of carbonyl (C=O) groups is 2. The summed E-state index contributed by atoms with van der Waals surface area (Å²) >= 11 is 0. The summed E-state index contributed by atoms with van der Waals surface area (Å²) in [6.45, 7) is 7.19. The molecule has 2 atom stereocenters. The normalized spacial score (nSPS) is 14.3. The van der Waals surface area contributed by atoms with Crippen LogP contribution in [0, 0.1) is 12.8 Å². The topological polar surface area (TPSA) is 94.8 Å². The monoisotopic (exact) mass is 360 g/mol. The van der Waals surface area contributed by atoms with E-state index in [1.165, 1.54) is 19.1 Å². The first-order valence-electron chi connectivity index (χ1n) is 8.71. The van der Waals surface area contributed by atoms with Crippen LogP contribution in [-0.2, 0) is 4.79 Å². The van der Waals surface area contributed by atoms with E-state index in [2.05, 4.69) is 0 Å². The molecule has 5 heteroatoms. The number of aliphatic hydroxyl groups is 2. The number of aryl methyl sites for hydroxylation is 1. The standard InChI is InChI=1S/C21H28O5/c1-13(2)7-5-9-17(23)21(26)18(24)10-6-8-16-11-14(3)12-19(25)20(16)15(4)22/h5-6,8-9,11-13,18,21,24-26H,7,10H2,1-4H3/b8-6+,9-5-/t18-,21+/m0/s1. The third kappa shape index (κ3) is 6.58. The maximum Gasteiger partial charge on any atom is 0.186 e. The Balaban J connectivity index is 2.78. The fraction of sp³-hybridized carbons (Fsp3) is 0.429. The van der Waals surface area contributed by atoms with Gasteiger partial charge in [0.1, 0.15) is 11.9 Å². The van der Waals surface area contributed by atoms with Crippen LogP contribution in [0.15, 0.2) is 30.4 Å². The van der Waals surface area contributed by atoms with Crippen molar-refractivity contribution in [2.75, 3.05) is 0 Å². The number of phenolic OH excluding ortho intramolecular Hbond substituents is 1. The molecule has 1 aromatic carbocycles. The second-order valence-corrected chi connectivity index (χ2v) is 6.89. The molecular weight excluding hydrogens is 332 g/mol. The SMILES string of the molecule is CC(=O)c1c(O)cc(C)cc1/C=C/C[C@H](O)[C@H](O)C(=O)/C=C\CC(C)C. The molecular formula is C21H28O5. The fourth-order valence-corrected chi connectivity index (χ4v) is 2.52. The van der Waals surface area contributed by atoms with E-state index in [0.29, 0.717) is 11.5 Å². The van der Waals surface area contributed by atoms with Crippen molar-refractivity contribution in [1.82, 2.24) is 0 Å². The lowest BCUT2D eigenvalue weighted by molar-refractivity contribution is -0.127. The predicted molar refractivity (Wildman–Crippen MR) is 102 cm³/mol. The lowest BCUT2D eigenvalue weighted by Gasteiger charge is -2.13. The maximum atomic E-state index is 11.8. The summed E-state index contributed by atoms with van der Waals surface area (Å²) < 4.78 is 0. The molecule has 1 rings (SSSR count). The highest BCUT2D eigenvalue weighted by Gasteiger charge is 2.21. The Labute approximate surface area is 154 Å². The number of hydrogen-bond acceptors (Lipinski definition) is 5. The number of hydrogen-bond donors (Lipinski definition) is 3. The van der Waals surface area contributed by atoms with Crippen LogP contribution in [0.1, 0.15) is 55.1 Å². The molecule has 0 aliphatic carbocycles. The summed E-state index contributed by atoms with van der Waals surface area (Å²) in [6.07, 6.45) is 4.16. The highest BCUT2D eigenvalue weighted by molar-refractivity contribution is 6.00. The minimum atomic E-state index is -1.50. The first kappa shape index (κ1) is 21.8. The second kappa shape index (κ2) is 10.0. The molecule has 0 bridgehead atoms. The molecule has 5 nitrogen and oxygen atoms in total. The Morgan fingerprint density at radius 1 is 1.12 bits per heavy atom. The van der Waals surface area contributed by atoms with Gasteiger partial charge in [-0.15, -0.1) is 0 Å². The van der Waals surface area contributed by atoms with E-state index in [-0.39, 0.29) is 23.5 Å². The fourth-order valence-electron chi connectivity index (χ4n) is 2.52.